The number of aryl methyl sites for hydroxylation is 1. The Morgan fingerprint density at radius 3 is 2.71 bits per heavy atom. The van der Waals surface area contributed by atoms with E-state index < -0.39 is 6.04 Å². The molecule has 142 valence electrons. The first-order valence-electron chi connectivity index (χ1n) is 9.23. The Balaban J connectivity index is 1.82. The molecule has 0 aliphatic heterocycles. The van der Waals surface area contributed by atoms with E-state index in [1.807, 2.05) is 47.9 Å². The number of para-hydroxylation sites is 1. The molecule has 1 N–H and O–H groups in total. The van der Waals surface area contributed by atoms with Gasteiger partial charge in [0.15, 0.2) is 0 Å². The summed E-state index contributed by atoms with van der Waals surface area (Å²) >= 11 is 0. The highest BCUT2D eigenvalue weighted by atomic mass is 16.2. The molecule has 1 atom stereocenters. The predicted molar refractivity (Wildman–Crippen MR) is 108 cm³/mol. The summed E-state index contributed by atoms with van der Waals surface area (Å²) in [5, 5.41) is 8.82. The minimum atomic E-state index is -0.505. The lowest BCUT2D eigenvalue weighted by atomic mass is 10.2. The summed E-state index contributed by atoms with van der Waals surface area (Å²) in [5.74, 6) is -0.132. The van der Waals surface area contributed by atoms with Gasteiger partial charge in [0.05, 0.1) is 11.7 Å². The second-order valence-electron chi connectivity index (χ2n) is 6.73. The van der Waals surface area contributed by atoms with Crippen molar-refractivity contribution in [2.24, 2.45) is 7.05 Å². The highest BCUT2D eigenvalue weighted by molar-refractivity contribution is 6.08. The Labute approximate surface area is 161 Å². The van der Waals surface area contributed by atoms with Gasteiger partial charge < -0.3 is 9.88 Å². The zero-order valence-corrected chi connectivity index (χ0v) is 15.8. The molecule has 0 aliphatic rings. The van der Waals surface area contributed by atoms with E-state index in [1.54, 1.807) is 25.6 Å². The van der Waals surface area contributed by atoms with Crippen LogP contribution in [0.4, 0.5) is 0 Å². The van der Waals surface area contributed by atoms with Crippen LogP contribution in [0.3, 0.4) is 0 Å². The molecule has 0 spiro atoms. The van der Waals surface area contributed by atoms with Gasteiger partial charge in [-0.25, -0.2) is 4.68 Å². The number of nitrogens with zero attached hydrogens (tertiary/aromatic N) is 4. The van der Waals surface area contributed by atoms with Crippen LogP contribution in [0.1, 0.15) is 24.9 Å². The molecule has 3 aromatic heterocycles. The summed E-state index contributed by atoms with van der Waals surface area (Å²) in [6.07, 6.45) is 5.67. The topological polar surface area (TPSA) is 81.8 Å². The Morgan fingerprint density at radius 1 is 1.14 bits per heavy atom. The molecule has 1 unspecified atom stereocenters. The minimum Gasteiger partial charge on any atom is -0.350 e. The summed E-state index contributed by atoms with van der Waals surface area (Å²) in [6, 6.07) is 11.0. The van der Waals surface area contributed by atoms with Crippen LogP contribution in [0.15, 0.2) is 59.8 Å². The highest BCUT2D eigenvalue weighted by Crippen LogP contribution is 2.30. The number of carbonyl (C=O) groups is 1. The third-order valence-corrected chi connectivity index (χ3v) is 5.00. The van der Waals surface area contributed by atoms with Crippen LogP contribution in [-0.2, 0) is 18.4 Å². The van der Waals surface area contributed by atoms with Gasteiger partial charge in [0.1, 0.15) is 11.6 Å². The van der Waals surface area contributed by atoms with E-state index >= 15 is 0 Å². The van der Waals surface area contributed by atoms with E-state index in [9.17, 15) is 9.59 Å². The summed E-state index contributed by atoms with van der Waals surface area (Å²) < 4.78 is 3.16. The fraction of sp³-hybridized carbons (Fsp3) is 0.238. The van der Waals surface area contributed by atoms with Gasteiger partial charge in [-0.1, -0.05) is 31.2 Å². The first kappa shape index (κ1) is 17.9. The number of nitrogens with one attached hydrogen (secondary N) is 1. The zero-order valence-electron chi connectivity index (χ0n) is 15.8. The highest BCUT2D eigenvalue weighted by Gasteiger charge is 2.25. The normalized spacial score (nSPS) is 12.4. The second-order valence-corrected chi connectivity index (χ2v) is 6.73. The third-order valence-electron chi connectivity index (χ3n) is 5.00. The third kappa shape index (κ3) is 2.94. The van der Waals surface area contributed by atoms with E-state index in [4.69, 9.17) is 0 Å². The fourth-order valence-electron chi connectivity index (χ4n) is 3.61. The van der Waals surface area contributed by atoms with E-state index in [0.29, 0.717) is 18.5 Å². The number of rotatable bonds is 5. The number of aromatic nitrogens is 4. The lowest BCUT2D eigenvalue weighted by molar-refractivity contribution is -0.124. The van der Waals surface area contributed by atoms with Crippen LogP contribution in [0.25, 0.3) is 21.8 Å². The van der Waals surface area contributed by atoms with Crippen LogP contribution >= 0.6 is 0 Å². The van der Waals surface area contributed by atoms with Crippen LogP contribution in [0, 0.1) is 0 Å². The Bertz CT molecular complexity index is 1210. The van der Waals surface area contributed by atoms with E-state index in [-0.39, 0.29) is 11.5 Å². The van der Waals surface area contributed by atoms with Crippen LogP contribution < -0.4 is 10.9 Å². The average Bonchev–Trinajstić information content (AvgIpc) is 3.06. The number of amides is 1. The van der Waals surface area contributed by atoms with E-state index in [0.717, 1.165) is 21.9 Å². The van der Waals surface area contributed by atoms with Gasteiger partial charge >= 0.3 is 0 Å². The van der Waals surface area contributed by atoms with Crippen LogP contribution in [-0.4, -0.2) is 25.2 Å². The quantitative estimate of drug-likeness (QED) is 0.581. The van der Waals surface area contributed by atoms with Crippen molar-refractivity contribution in [1.29, 1.82) is 0 Å². The molecule has 4 aromatic rings. The van der Waals surface area contributed by atoms with E-state index in [1.165, 1.54) is 4.68 Å². The van der Waals surface area contributed by atoms with Gasteiger partial charge in [-0.05, 0) is 24.1 Å². The van der Waals surface area contributed by atoms with Gasteiger partial charge in [-0.3, -0.25) is 14.6 Å². The van der Waals surface area contributed by atoms with Crippen LogP contribution in [0.2, 0.25) is 0 Å². The standard InChI is InChI=1S/C21H21N5O2/c1-3-17(20(27)23-12-14-7-6-10-22-11-14)26-18-9-5-4-8-15(18)16-13-24-25(2)21(28)19(16)26/h4-11,13,17H,3,12H2,1-2H3,(H,23,27). The molecule has 7 nitrogen and oxygen atoms in total. The van der Waals surface area contributed by atoms with Gasteiger partial charge in [0.2, 0.25) is 5.91 Å². The van der Waals surface area contributed by atoms with Crippen molar-refractivity contribution in [2.75, 3.05) is 0 Å². The molecular formula is C21H21N5O2. The second kappa shape index (κ2) is 7.26. The molecule has 0 radical (unpaired) electrons. The maximum absolute atomic E-state index is 13.1. The maximum atomic E-state index is 13.1. The Kier molecular flexibility index (Phi) is 4.65. The molecule has 0 fully saturated rings. The van der Waals surface area contributed by atoms with Crippen molar-refractivity contribution >= 4 is 27.7 Å². The molecule has 0 saturated heterocycles. The van der Waals surface area contributed by atoms with Crippen molar-refractivity contribution in [1.82, 2.24) is 24.6 Å². The number of hydrogen-bond donors (Lipinski definition) is 1. The van der Waals surface area contributed by atoms with Crippen molar-refractivity contribution in [2.45, 2.75) is 25.9 Å². The zero-order chi connectivity index (χ0) is 19.7. The molecule has 3 heterocycles. The molecule has 4 rings (SSSR count). The molecule has 0 aliphatic carbocycles. The van der Waals surface area contributed by atoms with Gasteiger partial charge in [-0.2, -0.15) is 5.10 Å². The molecule has 28 heavy (non-hydrogen) atoms. The van der Waals surface area contributed by atoms with Gasteiger partial charge in [-0.15, -0.1) is 0 Å². The van der Waals surface area contributed by atoms with Crippen molar-refractivity contribution < 1.29 is 4.79 Å². The molecule has 0 saturated carbocycles. The average molecular weight is 375 g/mol. The van der Waals surface area contributed by atoms with E-state index in [2.05, 4.69) is 15.4 Å². The number of benzene rings is 1. The number of fused-ring (bicyclic) bond motifs is 3. The Hall–Kier alpha value is -3.48. The largest absolute Gasteiger partial charge is 0.350 e. The number of pyridine rings is 1. The molecule has 0 bridgehead atoms. The minimum absolute atomic E-state index is 0.132. The summed E-state index contributed by atoms with van der Waals surface area (Å²) in [7, 11) is 1.62. The SMILES string of the molecule is CCC(C(=O)NCc1cccnc1)n1c2ccccc2c2cnn(C)c(=O)c21. The first-order chi connectivity index (χ1) is 13.6. The van der Waals surface area contributed by atoms with Crippen molar-refractivity contribution in [3.8, 4) is 0 Å². The summed E-state index contributed by atoms with van der Waals surface area (Å²) in [5.41, 5.74) is 2.06. The maximum Gasteiger partial charge on any atom is 0.291 e. The van der Waals surface area contributed by atoms with Crippen LogP contribution in [0.5, 0.6) is 0 Å². The molecule has 1 amide bonds. The molecule has 1 aromatic carbocycles. The number of carbonyl (C=O) groups excluding carboxylic acids is 1. The fourth-order valence-corrected chi connectivity index (χ4v) is 3.61. The molecule has 7 heteroatoms. The van der Waals surface area contributed by atoms with Crippen molar-refractivity contribution in [3.05, 3.63) is 70.9 Å². The smallest absolute Gasteiger partial charge is 0.291 e. The predicted octanol–water partition coefficient (Wildman–Crippen LogP) is 2.55. The summed E-state index contributed by atoms with van der Waals surface area (Å²) in [4.78, 5) is 30.0. The number of hydrogen-bond acceptors (Lipinski definition) is 4. The van der Waals surface area contributed by atoms with Gasteiger partial charge in [0, 0.05) is 36.8 Å². The lowest BCUT2D eigenvalue weighted by Gasteiger charge is -2.19. The summed E-state index contributed by atoms with van der Waals surface area (Å²) in [6.45, 7) is 2.33. The molecular weight excluding hydrogens is 354 g/mol. The first-order valence-corrected chi connectivity index (χ1v) is 9.23. The van der Waals surface area contributed by atoms with Crippen molar-refractivity contribution in [3.63, 3.8) is 0 Å². The van der Waals surface area contributed by atoms with Gasteiger partial charge in [0.25, 0.3) is 5.56 Å². The Morgan fingerprint density at radius 2 is 1.96 bits per heavy atom. The monoisotopic (exact) mass is 375 g/mol. The lowest BCUT2D eigenvalue weighted by Crippen LogP contribution is -2.33.